The van der Waals surface area contributed by atoms with Crippen LogP contribution in [0.15, 0.2) is 0 Å². The van der Waals surface area contributed by atoms with Crippen molar-refractivity contribution in [1.29, 1.82) is 0 Å². The maximum atomic E-state index is 12.6. The van der Waals surface area contributed by atoms with Crippen LogP contribution in [0.1, 0.15) is 32.6 Å². The first-order valence-electron chi connectivity index (χ1n) is 7.17. The number of nitrogens with zero attached hydrogens (tertiary/aromatic N) is 2. The van der Waals surface area contributed by atoms with Crippen molar-refractivity contribution in [2.24, 2.45) is 0 Å². The summed E-state index contributed by atoms with van der Waals surface area (Å²) in [5.74, 6) is -0.367. The van der Waals surface area contributed by atoms with E-state index in [1.807, 2.05) is 0 Å². The molecule has 0 aliphatic carbocycles. The first-order valence-corrected chi connectivity index (χ1v) is 8.68. The fourth-order valence-electron chi connectivity index (χ4n) is 3.27. The van der Waals surface area contributed by atoms with Crippen molar-refractivity contribution < 1.29 is 13.2 Å². The van der Waals surface area contributed by atoms with Gasteiger partial charge in [-0.05, 0) is 32.6 Å². The highest BCUT2D eigenvalue weighted by molar-refractivity contribution is 7.90. The zero-order valence-corrected chi connectivity index (χ0v) is 14.7. The van der Waals surface area contributed by atoms with Crippen LogP contribution in [-0.2, 0) is 14.8 Å². The number of carbonyl (C=O) groups excluding carboxylic acids is 1. The Hall–Kier alpha value is -0.370. The van der Waals surface area contributed by atoms with Gasteiger partial charge in [-0.25, -0.2) is 12.7 Å². The Morgan fingerprint density at radius 3 is 2.05 bits per heavy atom. The minimum absolute atomic E-state index is 0. The molecule has 1 N–H and O–H groups in total. The molecule has 2 heterocycles. The quantitative estimate of drug-likeness (QED) is 0.806. The van der Waals surface area contributed by atoms with E-state index in [0.29, 0.717) is 12.1 Å². The SMILES string of the molecule is CC(C(=O)N(C)C)S(=O)(=O)N(C)C1CC2CCC(C1)N2.Cl. The van der Waals surface area contributed by atoms with E-state index in [0.717, 1.165) is 25.7 Å². The molecule has 2 saturated heterocycles. The summed E-state index contributed by atoms with van der Waals surface area (Å²) in [5.41, 5.74) is 0. The number of rotatable bonds is 4. The Morgan fingerprint density at radius 2 is 1.62 bits per heavy atom. The van der Waals surface area contributed by atoms with Crippen LogP contribution in [0.2, 0.25) is 0 Å². The summed E-state index contributed by atoms with van der Waals surface area (Å²) in [7, 11) is 1.19. The van der Waals surface area contributed by atoms with E-state index in [9.17, 15) is 13.2 Å². The van der Waals surface area contributed by atoms with Crippen molar-refractivity contribution in [1.82, 2.24) is 14.5 Å². The third kappa shape index (κ3) is 3.70. The van der Waals surface area contributed by atoms with Crippen molar-refractivity contribution in [2.75, 3.05) is 21.1 Å². The molecule has 2 aliphatic rings. The first kappa shape index (κ1) is 18.7. The smallest absolute Gasteiger partial charge is 0.241 e. The Balaban J connectivity index is 0.00000220. The molecule has 0 spiro atoms. The molecular formula is C13H26ClN3O3S. The maximum Gasteiger partial charge on any atom is 0.241 e. The van der Waals surface area contributed by atoms with Gasteiger partial charge in [0, 0.05) is 39.3 Å². The minimum Gasteiger partial charge on any atom is -0.348 e. The number of hydrogen-bond acceptors (Lipinski definition) is 4. The molecule has 1 amide bonds. The van der Waals surface area contributed by atoms with Crippen LogP contribution >= 0.6 is 12.4 Å². The van der Waals surface area contributed by atoms with Gasteiger partial charge in [-0.1, -0.05) is 0 Å². The third-order valence-electron chi connectivity index (χ3n) is 4.60. The van der Waals surface area contributed by atoms with E-state index in [2.05, 4.69) is 5.32 Å². The van der Waals surface area contributed by atoms with Crippen molar-refractivity contribution in [3.63, 3.8) is 0 Å². The summed E-state index contributed by atoms with van der Waals surface area (Å²) in [6.45, 7) is 1.48. The molecule has 0 aromatic heterocycles. The summed E-state index contributed by atoms with van der Waals surface area (Å²) >= 11 is 0. The summed E-state index contributed by atoms with van der Waals surface area (Å²) in [6.07, 6.45) is 3.94. The molecule has 6 nitrogen and oxygen atoms in total. The van der Waals surface area contributed by atoms with Gasteiger partial charge in [-0.2, -0.15) is 0 Å². The molecule has 0 saturated carbocycles. The van der Waals surface area contributed by atoms with Gasteiger partial charge in [0.15, 0.2) is 5.25 Å². The lowest BCUT2D eigenvalue weighted by Gasteiger charge is -2.36. The summed E-state index contributed by atoms with van der Waals surface area (Å²) in [6, 6.07) is 0.865. The molecule has 3 unspecified atom stereocenters. The largest absolute Gasteiger partial charge is 0.348 e. The molecule has 3 atom stereocenters. The summed E-state index contributed by atoms with van der Waals surface area (Å²) < 4.78 is 26.6. The Labute approximate surface area is 133 Å². The number of fused-ring (bicyclic) bond motifs is 2. The number of nitrogens with one attached hydrogen (secondary N) is 1. The second-order valence-corrected chi connectivity index (χ2v) is 8.51. The van der Waals surface area contributed by atoms with Crippen LogP contribution in [0, 0.1) is 0 Å². The van der Waals surface area contributed by atoms with E-state index < -0.39 is 15.3 Å². The fourth-order valence-corrected chi connectivity index (χ4v) is 4.82. The summed E-state index contributed by atoms with van der Waals surface area (Å²) in [4.78, 5) is 13.3. The predicted octanol–water partition coefficient (Wildman–Crippen LogP) is 0.430. The molecule has 2 rings (SSSR count). The van der Waals surface area contributed by atoms with Crippen LogP contribution in [0.25, 0.3) is 0 Å². The van der Waals surface area contributed by atoms with Crippen molar-refractivity contribution in [3.05, 3.63) is 0 Å². The lowest BCUT2D eigenvalue weighted by Crippen LogP contribution is -2.52. The van der Waals surface area contributed by atoms with Crippen LogP contribution in [0.4, 0.5) is 0 Å². The van der Waals surface area contributed by atoms with Gasteiger partial charge in [0.2, 0.25) is 15.9 Å². The topological polar surface area (TPSA) is 69.7 Å². The van der Waals surface area contributed by atoms with Gasteiger partial charge in [0.05, 0.1) is 0 Å². The van der Waals surface area contributed by atoms with Crippen LogP contribution in [0.3, 0.4) is 0 Å². The number of halogens is 1. The molecule has 124 valence electrons. The highest BCUT2D eigenvalue weighted by Gasteiger charge is 2.41. The normalized spacial score (nSPS) is 29.9. The van der Waals surface area contributed by atoms with Gasteiger partial charge >= 0.3 is 0 Å². The van der Waals surface area contributed by atoms with Crippen molar-refractivity contribution in [3.8, 4) is 0 Å². The van der Waals surface area contributed by atoms with E-state index in [4.69, 9.17) is 0 Å². The van der Waals surface area contributed by atoms with E-state index in [-0.39, 0.29) is 24.4 Å². The maximum absolute atomic E-state index is 12.6. The Morgan fingerprint density at radius 1 is 1.14 bits per heavy atom. The Kier molecular flexibility index (Phi) is 6.06. The highest BCUT2D eigenvalue weighted by atomic mass is 35.5. The number of carbonyl (C=O) groups is 1. The zero-order chi connectivity index (χ0) is 15.1. The molecule has 2 fully saturated rings. The van der Waals surface area contributed by atoms with Gasteiger partial charge in [-0.3, -0.25) is 4.79 Å². The van der Waals surface area contributed by atoms with Gasteiger partial charge in [0.25, 0.3) is 0 Å². The number of sulfonamides is 1. The van der Waals surface area contributed by atoms with Gasteiger partial charge in [0.1, 0.15) is 0 Å². The molecule has 2 aliphatic heterocycles. The lowest BCUT2D eigenvalue weighted by molar-refractivity contribution is -0.128. The highest BCUT2D eigenvalue weighted by Crippen LogP contribution is 2.31. The molecule has 2 bridgehead atoms. The molecule has 0 aromatic rings. The summed E-state index contributed by atoms with van der Waals surface area (Å²) in [5, 5.41) is 2.48. The van der Waals surface area contributed by atoms with E-state index in [1.165, 1.54) is 16.1 Å². The average molecular weight is 340 g/mol. The predicted molar refractivity (Wildman–Crippen MR) is 85.1 cm³/mol. The average Bonchev–Trinajstić information content (AvgIpc) is 2.74. The minimum atomic E-state index is -3.59. The molecule has 8 heteroatoms. The molecule has 0 aromatic carbocycles. The number of piperidine rings is 1. The van der Waals surface area contributed by atoms with Crippen LogP contribution < -0.4 is 5.32 Å². The number of amides is 1. The first-order chi connectivity index (χ1) is 9.23. The second kappa shape index (κ2) is 6.81. The van der Waals surface area contributed by atoms with Crippen molar-refractivity contribution >= 4 is 28.3 Å². The fraction of sp³-hybridized carbons (Fsp3) is 0.923. The van der Waals surface area contributed by atoms with Crippen LogP contribution in [-0.4, -0.2) is 68.0 Å². The number of hydrogen-bond donors (Lipinski definition) is 1. The molecule has 21 heavy (non-hydrogen) atoms. The van der Waals surface area contributed by atoms with E-state index >= 15 is 0 Å². The molecule has 0 radical (unpaired) electrons. The zero-order valence-electron chi connectivity index (χ0n) is 13.1. The monoisotopic (exact) mass is 339 g/mol. The van der Waals surface area contributed by atoms with Gasteiger partial charge in [-0.15, -0.1) is 12.4 Å². The van der Waals surface area contributed by atoms with E-state index in [1.54, 1.807) is 21.1 Å². The lowest BCUT2D eigenvalue weighted by atomic mass is 10.0. The molecular weight excluding hydrogens is 314 g/mol. The standard InChI is InChI=1S/C13H25N3O3S.ClH/c1-9(13(17)15(2)3)20(18,19)16(4)12-7-10-5-6-11(8-12)14-10;/h9-12,14H,5-8H2,1-4H3;1H. The Bertz CT molecular complexity index is 471. The van der Waals surface area contributed by atoms with Crippen LogP contribution in [0.5, 0.6) is 0 Å². The second-order valence-electron chi connectivity index (χ2n) is 6.20. The third-order valence-corrected chi connectivity index (χ3v) is 6.80. The van der Waals surface area contributed by atoms with Gasteiger partial charge < -0.3 is 10.2 Å². The van der Waals surface area contributed by atoms with Crippen molar-refractivity contribution in [2.45, 2.75) is 56.0 Å².